The maximum Gasteiger partial charge on any atom is 0.408 e. The fourth-order valence-corrected chi connectivity index (χ4v) is 4.50. The number of hydrogen-bond acceptors (Lipinski definition) is 9. The van der Waals surface area contributed by atoms with Crippen LogP contribution in [0.3, 0.4) is 0 Å². The van der Waals surface area contributed by atoms with Crippen LogP contribution in [0.1, 0.15) is 44.0 Å². The summed E-state index contributed by atoms with van der Waals surface area (Å²) in [5, 5.41) is 38.9. The number of benzene rings is 2. The van der Waals surface area contributed by atoms with Gasteiger partial charge in [0.15, 0.2) is 0 Å². The van der Waals surface area contributed by atoms with E-state index >= 15 is 0 Å². The molecule has 3 amide bonds. The monoisotopic (exact) mass is 638 g/mol. The molecule has 2 aromatic carbocycles. The van der Waals surface area contributed by atoms with Crippen molar-refractivity contribution in [1.29, 1.82) is 0 Å². The summed E-state index contributed by atoms with van der Waals surface area (Å²) in [6.07, 6.45) is -0.291. The Hall–Kier alpha value is -5.31. The van der Waals surface area contributed by atoms with Gasteiger partial charge in [0, 0.05) is 36.9 Å². The number of aliphatic hydroxyl groups excluding tert-OH is 1. The number of aromatic amines is 1. The first kappa shape index (κ1) is 35.2. The van der Waals surface area contributed by atoms with Crippen molar-refractivity contribution in [2.45, 2.75) is 76.3 Å². The molecule has 0 fully saturated rings. The molecule has 0 aliphatic heterocycles. The number of carbonyl (C=O) groups is 4. The molecule has 0 aliphatic carbocycles. The Morgan fingerprint density at radius 3 is 2.09 bits per heavy atom. The molecule has 1 aromatic heterocycles. The van der Waals surface area contributed by atoms with Gasteiger partial charge in [-0.1, -0.05) is 42.5 Å². The van der Waals surface area contributed by atoms with E-state index in [1.54, 1.807) is 51.1 Å². The molecule has 0 bridgehead atoms. The molecule has 3 aromatic rings. The molecular weight excluding hydrogens is 600 g/mol. The molecule has 246 valence electrons. The van der Waals surface area contributed by atoms with Crippen LogP contribution in [-0.2, 0) is 38.4 Å². The lowest BCUT2D eigenvalue weighted by atomic mass is 9.98. The third kappa shape index (κ3) is 11.6. The molecule has 6 N–H and O–H groups in total. The number of amides is 3. The third-order valence-electron chi connectivity index (χ3n) is 6.68. The van der Waals surface area contributed by atoms with E-state index in [2.05, 4.69) is 25.9 Å². The Morgan fingerprint density at radius 1 is 0.913 bits per heavy atom. The molecule has 46 heavy (non-hydrogen) atoms. The number of nitro groups is 1. The van der Waals surface area contributed by atoms with Crippen molar-refractivity contribution in [3.63, 3.8) is 0 Å². The molecule has 15 heteroatoms. The number of hydrogen-bond donors (Lipinski definition) is 6. The number of aliphatic hydroxyl groups is 1. The van der Waals surface area contributed by atoms with E-state index in [0.29, 0.717) is 11.3 Å². The number of ether oxygens (including phenoxy) is 1. The van der Waals surface area contributed by atoms with Crippen molar-refractivity contribution >= 4 is 29.6 Å². The Bertz CT molecular complexity index is 1470. The van der Waals surface area contributed by atoms with E-state index < -0.39 is 65.1 Å². The number of nitrogens with zero attached hydrogens (tertiary/aromatic N) is 2. The minimum Gasteiger partial charge on any atom is -0.481 e. The summed E-state index contributed by atoms with van der Waals surface area (Å²) in [7, 11) is 0. The van der Waals surface area contributed by atoms with Crippen molar-refractivity contribution < 1.29 is 39.1 Å². The number of aromatic nitrogens is 2. The maximum atomic E-state index is 13.7. The third-order valence-corrected chi connectivity index (χ3v) is 6.68. The molecule has 1 heterocycles. The minimum absolute atomic E-state index is 0.0681. The van der Waals surface area contributed by atoms with Crippen LogP contribution < -0.4 is 16.0 Å². The zero-order chi connectivity index (χ0) is 33.9. The number of carbonyl (C=O) groups excluding carboxylic acids is 3. The van der Waals surface area contributed by atoms with Gasteiger partial charge in [-0.2, -0.15) is 0 Å². The van der Waals surface area contributed by atoms with Crippen molar-refractivity contribution in [3.8, 4) is 0 Å². The van der Waals surface area contributed by atoms with E-state index in [4.69, 9.17) is 4.74 Å². The second-order valence-corrected chi connectivity index (χ2v) is 11.6. The number of alkyl carbamates (subject to hydrolysis) is 1. The molecule has 4 atom stereocenters. The molecule has 0 aliphatic rings. The smallest absolute Gasteiger partial charge is 0.408 e. The van der Waals surface area contributed by atoms with Crippen LogP contribution in [0.2, 0.25) is 0 Å². The predicted octanol–water partition coefficient (Wildman–Crippen LogP) is 2.04. The Kier molecular flexibility index (Phi) is 12.3. The number of H-pyrrole nitrogens is 1. The zero-order valence-electron chi connectivity index (χ0n) is 25.6. The van der Waals surface area contributed by atoms with Gasteiger partial charge < -0.3 is 35.9 Å². The SMILES string of the molecule is CC(C)(C)OC(=O)N[C@@H](Cc1ccccc1)C(=O)N[C@@H](Cc1cnc[nH]1)C(=O)N[C@@H](Cc1ccc([N+](=O)[O-])cc1)[C@@H](O)CC(=O)O. The number of imidazole rings is 1. The van der Waals surface area contributed by atoms with Gasteiger partial charge in [0.1, 0.15) is 17.7 Å². The van der Waals surface area contributed by atoms with Gasteiger partial charge in [-0.05, 0) is 38.3 Å². The number of aliphatic carboxylic acids is 1. The number of rotatable bonds is 15. The fraction of sp³-hybridized carbons (Fsp3) is 0.387. The van der Waals surface area contributed by atoms with Gasteiger partial charge in [0.25, 0.3) is 5.69 Å². The lowest BCUT2D eigenvalue weighted by Gasteiger charge is -2.28. The average molecular weight is 639 g/mol. The van der Waals surface area contributed by atoms with E-state index in [9.17, 15) is 39.5 Å². The van der Waals surface area contributed by atoms with Crippen LogP contribution in [0.5, 0.6) is 0 Å². The summed E-state index contributed by atoms with van der Waals surface area (Å²) < 4.78 is 5.35. The summed E-state index contributed by atoms with van der Waals surface area (Å²) in [5.74, 6) is -2.77. The lowest BCUT2D eigenvalue weighted by molar-refractivity contribution is -0.384. The fourth-order valence-electron chi connectivity index (χ4n) is 4.50. The van der Waals surface area contributed by atoms with Crippen molar-refractivity contribution in [3.05, 3.63) is 94.1 Å². The van der Waals surface area contributed by atoms with Crippen LogP contribution >= 0.6 is 0 Å². The highest BCUT2D eigenvalue weighted by atomic mass is 16.6. The first-order valence-electron chi connectivity index (χ1n) is 14.4. The van der Waals surface area contributed by atoms with Crippen LogP contribution in [0.4, 0.5) is 10.5 Å². The van der Waals surface area contributed by atoms with Gasteiger partial charge in [-0.15, -0.1) is 0 Å². The zero-order valence-corrected chi connectivity index (χ0v) is 25.6. The van der Waals surface area contributed by atoms with E-state index in [0.717, 1.165) is 5.56 Å². The minimum atomic E-state index is -1.54. The topological polar surface area (TPSA) is 226 Å². The number of non-ortho nitro benzene ring substituents is 1. The highest BCUT2D eigenvalue weighted by molar-refractivity contribution is 5.91. The van der Waals surface area contributed by atoms with Gasteiger partial charge in [0.2, 0.25) is 11.8 Å². The summed E-state index contributed by atoms with van der Waals surface area (Å²) in [6.45, 7) is 5.03. The Morgan fingerprint density at radius 2 is 1.52 bits per heavy atom. The summed E-state index contributed by atoms with van der Waals surface area (Å²) in [6, 6.07) is 10.7. The summed E-state index contributed by atoms with van der Waals surface area (Å²) in [4.78, 5) is 68.7. The standard InChI is InChI=1S/C31H38N6O9/c1-31(2,3)46-30(43)36-24(14-19-7-5-4-6-8-19)28(41)35-25(15-21-17-32-18-33-21)29(42)34-23(26(38)16-27(39)40)13-20-9-11-22(12-10-20)37(44)45/h4-12,17-18,23-26,38H,13-16H2,1-3H3,(H,32,33)(H,34,42)(H,35,41)(H,36,43)(H,39,40)/t23-,24-,25-,26-/m0/s1. The summed E-state index contributed by atoms with van der Waals surface area (Å²) >= 11 is 0. The summed E-state index contributed by atoms with van der Waals surface area (Å²) in [5.41, 5.74) is 0.698. The predicted molar refractivity (Wildman–Crippen MR) is 165 cm³/mol. The molecule has 3 rings (SSSR count). The molecule has 0 radical (unpaired) electrons. The van der Waals surface area contributed by atoms with Crippen LogP contribution in [-0.4, -0.2) is 78.8 Å². The lowest BCUT2D eigenvalue weighted by Crippen LogP contribution is -2.58. The van der Waals surface area contributed by atoms with Gasteiger partial charge in [-0.25, -0.2) is 9.78 Å². The van der Waals surface area contributed by atoms with Gasteiger partial charge in [-0.3, -0.25) is 24.5 Å². The van der Waals surface area contributed by atoms with Gasteiger partial charge in [0.05, 0.1) is 29.8 Å². The molecule has 0 unspecified atom stereocenters. The Balaban J connectivity index is 1.86. The quantitative estimate of drug-likeness (QED) is 0.105. The van der Waals surface area contributed by atoms with Crippen molar-refractivity contribution in [1.82, 2.24) is 25.9 Å². The number of nitro benzene ring substituents is 1. The largest absolute Gasteiger partial charge is 0.481 e. The van der Waals surface area contributed by atoms with Crippen LogP contribution in [0, 0.1) is 10.1 Å². The average Bonchev–Trinajstić information content (AvgIpc) is 3.49. The molecule has 0 saturated heterocycles. The number of nitrogens with one attached hydrogen (secondary N) is 4. The van der Waals surface area contributed by atoms with E-state index in [1.807, 2.05) is 0 Å². The van der Waals surface area contributed by atoms with E-state index in [-0.39, 0.29) is 24.9 Å². The van der Waals surface area contributed by atoms with Crippen molar-refractivity contribution in [2.75, 3.05) is 0 Å². The maximum absolute atomic E-state index is 13.7. The highest BCUT2D eigenvalue weighted by Gasteiger charge is 2.32. The van der Waals surface area contributed by atoms with Crippen molar-refractivity contribution in [2.24, 2.45) is 0 Å². The number of carboxylic acid groups (broad SMARTS) is 1. The Labute approximate surface area is 264 Å². The second kappa shape index (κ2) is 16.1. The van der Waals surface area contributed by atoms with Crippen LogP contribution in [0.15, 0.2) is 67.1 Å². The normalized spacial score (nSPS) is 13.8. The highest BCUT2D eigenvalue weighted by Crippen LogP contribution is 2.16. The molecule has 15 nitrogen and oxygen atoms in total. The molecule has 0 spiro atoms. The molecule has 0 saturated carbocycles. The first-order chi connectivity index (χ1) is 21.7. The first-order valence-corrected chi connectivity index (χ1v) is 14.4. The van der Waals surface area contributed by atoms with Gasteiger partial charge >= 0.3 is 12.1 Å². The van der Waals surface area contributed by atoms with Crippen LogP contribution in [0.25, 0.3) is 0 Å². The second-order valence-electron chi connectivity index (χ2n) is 11.6. The number of carboxylic acids is 1. The van der Waals surface area contributed by atoms with E-state index in [1.165, 1.54) is 36.8 Å². The molecular formula is C31H38N6O9.